The van der Waals surface area contributed by atoms with Crippen LogP contribution in [0.2, 0.25) is 0 Å². The maximum Gasteiger partial charge on any atom is 0.407 e. The molecule has 0 bridgehead atoms. The topological polar surface area (TPSA) is 112 Å². The lowest BCUT2D eigenvalue weighted by molar-refractivity contribution is -0.130. The standard InChI is InChI=1S/C26H41N5O4/c1-26(2,3)35-25(34)28-12-6-10-22(30-23(32)18-31-14-7-11-27-13-15-31)24(33)29-21-16-19-8-4-5-9-20(19)17-21/h4-5,8-9,21-22,27H,6-7,10-18H2,1-3H3,(H,28,34)(H,29,33)(H,30,32). The monoisotopic (exact) mass is 487 g/mol. The van der Waals surface area contributed by atoms with E-state index in [1.54, 1.807) is 0 Å². The summed E-state index contributed by atoms with van der Waals surface area (Å²) in [7, 11) is 0. The molecular weight excluding hydrogens is 446 g/mol. The highest BCUT2D eigenvalue weighted by Crippen LogP contribution is 2.21. The second kappa shape index (κ2) is 12.9. The first-order chi connectivity index (χ1) is 16.7. The second-order valence-corrected chi connectivity index (χ2v) is 10.5. The number of nitrogens with zero attached hydrogens (tertiary/aromatic N) is 1. The largest absolute Gasteiger partial charge is 0.444 e. The van der Waals surface area contributed by atoms with Crippen LogP contribution < -0.4 is 21.3 Å². The first-order valence-electron chi connectivity index (χ1n) is 12.8. The molecule has 1 atom stereocenters. The molecule has 2 aliphatic rings. The number of fused-ring (bicyclic) bond motifs is 1. The quantitative estimate of drug-likeness (QED) is 0.392. The molecule has 0 radical (unpaired) electrons. The van der Waals surface area contributed by atoms with Gasteiger partial charge in [-0.3, -0.25) is 14.5 Å². The Kier molecular flexibility index (Phi) is 9.92. The summed E-state index contributed by atoms with van der Waals surface area (Å²) in [5.41, 5.74) is 1.95. The van der Waals surface area contributed by atoms with Crippen LogP contribution in [0.25, 0.3) is 0 Å². The van der Waals surface area contributed by atoms with Crippen LogP contribution in [0.5, 0.6) is 0 Å². The molecule has 1 aromatic carbocycles. The molecule has 1 aliphatic heterocycles. The van der Waals surface area contributed by atoms with Gasteiger partial charge in [-0.25, -0.2) is 4.79 Å². The molecule has 1 saturated heterocycles. The van der Waals surface area contributed by atoms with Gasteiger partial charge in [0, 0.05) is 25.7 Å². The van der Waals surface area contributed by atoms with Crippen LogP contribution in [0.4, 0.5) is 4.79 Å². The SMILES string of the molecule is CC(C)(C)OC(=O)NCCCC(NC(=O)CN1CCCNCC1)C(=O)NC1Cc2ccccc2C1. The zero-order chi connectivity index (χ0) is 25.3. The minimum Gasteiger partial charge on any atom is -0.444 e. The smallest absolute Gasteiger partial charge is 0.407 e. The molecule has 0 spiro atoms. The van der Waals surface area contributed by atoms with Crippen molar-refractivity contribution in [3.8, 4) is 0 Å². The second-order valence-electron chi connectivity index (χ2n) is 10.5. The van der Waals surface area contributed by atoms with Crippen LogP contribution in [-0.4, -0.2) is 79.8 Å². The summed E-state index contributed by atoms with van der Waals surface area (Å²) in [6.07, 6.45) is 3.06. The Morgan fingerprint density at radius 1 is 1.11 bits per heavy atom. The Bertz CT molecular complexity index is 837. The summed E-state index contributed by atoms with van der Waals surface area (Å²) < 4.78 is 5.26. The van der Waals surface area contributed by atoms with Crippen molar-refractivity contribution in [3.63, 3.8) is 0 Å². The van der Waals surface area contributed by atoms with Crippen LogP contribution in [0.3, 0.4) is 0 Å². The number of alkyl carbamates (subject to hydrolysis) is 1. The molecule has 3 rings (SSSR count). The van der Waals surface area contributed by atoms with Crippen LogP contribution in [0, 0.1) is 0 Å². The first-order valence-corrected chi connectivity index (χ1v) is 12.8. The molecule has 3 amide bonds. The molecule has 1 heterocycles. The van der Waals surface area contributed by atoms with Gasteiger partial charge in [-0.1, -0.05) is 24.3 Å². The number of hydrogen-bond acceptors (Lipinski definition) is 6. The fourth-order valence-electron chi connectivity index (χ4n) is 4.55. The fourth-order valence-corrected chi connectivity index (χ4v) is 4.55. The Labute approximate surface area is 208 Å². The summed E-state index contributed by atoms with van der Waals surface area (Å²) in [6.45, 7) is 9.55. The van der Waals surface area contributed by atoms with E-state index in [1.165, 1.54) is 11.1 Å². The van der Waals surface area contributed by atoms with Crippen molar-refractivity contribution in [2.75, 3.05) is 39.3 Å². The number of benzene rings is 1. The van der Waals surface area contributed by atoms with Crippen molar-refractivity contribution in [2.45, 2.75) is 70.6 Å². The third-order valence-electron chi connectivity index (χ3n) is 6.19. The van der Waals surface area contributed by atoms with Crippen LogP contribution in [-0.2, 0) is 27.2 Å². The van der Waals surface area contributed by atoms with Gasteiger partial charge in [0.25, 0.3) is 0 Å². The molecule has 0 saturated carbocycles. The fraction of sp³-hybridized carbons (Fsp3) is 0.654. The average Bonchev–Trinajstić information content (AvgIpc) is 3.01. The Morgan fingerprint density at radius 3 is 2.51 bits per heavy atom. The zero-order valence-electron chi connectivity index (χ0n) is 21.3. The highest BCUT2D eigenvalue weighted by molar-refractivity contribution is 5.88. The summed E-state index contributed by atoms with van der Waals surface area (Å²) in [4.78, 5) is 40.0. The highest BCUT2D eigenvalue weighted by Gasteiger charge is 2.27. The van der Waals surface area contributed by atoms with Crippen molar-refractivity contribution >= 4 is 17.9 Å². The highest BCUT2D eigenvalue weighted by atomic mass is 16.6. The lowest BCUT2D eigenvalue weighted by atomic mass is 10.1. The van der Waals surface area contributed by atoms with E-state index in [0.29, 0.717) is 19.4 Å². The predicted molar refractivity (Wildman–Crippen MR) is 135 cm³/mol. The van der Waals surface area contributed by atoms with E-state index in [9.17, 15) is 14.4 Å². The summed E-state index contributed by atoms with van der Waals surface area (Å²) in [5.74, 6) is -0.326. The van der Waals surface area contributed by atoms with E-state index in [4.69, 9.17) is 4.74 Å². The summed E-state index contributed by atoms with van der Waals surface area (Å²) >= 11 is 0. The van der Waals surface area contributed by atoms with Crippen molar-refractivity contribution in [3.05, 3.63) is 35.4 Å². The van der Waals surface area contributed by atoms with Crippen molar-refractivity contribution in [1.29, 1.82) is 0 Å². The van der Waals surface area contributed by atoms with Gasteiger partial charge in [-0.05, 0) is 77.1 Å². The molecule has 1 fully saturated rings. The van der Waals surface area contributed by atoms with Gasteiger partial charge in [-0.2, -0.15) is 0 Å². The molecule has 0 aromatic heterocycles. The molecule has 35 heavy (non-hydrogen) atoms. The number of carbonyl (C=O) groups is 3. The van der Waals surface area contributed by atoms with E-state index in [0.717, 1.165) is 45.4 Å². The van der Waals surface area contributed by atoms with Gasteiger partial charge in [0.1, 0.15) is 11.6 Å². The maximum absolute atomic E-state index is 13.2. The molecular formula is C26H41N5O4. The average molecular weight is 488 g/mol. The molecule has 9 heteroatoms. The molecule has 1 unspecified atom stereocenters. The van der Waals surface area contributed by atoms with Crippen molar-refractivity contribution < 1.29 is 19.1 Å². The Morgan fingerprint density at radius 2 is 1.83 bits per heavy atom. The lowest BCUT2D eigenvalue weighted by Crippen LogP contribution is -2.52. The van der Waals surface area contributed by atoms with Gasteiger partial charge >= 0.3 is 6.09 Å². The molecule has 9 nitrogen and oxygen atoms in total. The maximum atomic E-state index is 13.2. The van der Waals surface area contributed by atoms with E-state index in [-0.39, 0.29) is 24.4 Å². The third-order valence-corrected chi connectivity index (χ3v) is 6.19. The van der Waals surface area contributed by atoms with Crippen LogP contribution in [0.1, 0.15) is 51.2 Å². The number of nitrogens with one attached hydrogen (secondary N) is 4. The number of hydrogen-bond donors (Lipinski definition) is 4. The van der Waals surface area contributed by atoms with Crippen molar-refractivity contribution in [2.24, 2.45) is 0 Å². The van der Waals surface area contributed by atoms with Gasteiger partial charge < -0.3 is 26.0 Å². The molecule has 1 aliphatic carbocycles. The minimum absolute atomic E-state index is 0.0240. The van der Waals surface area contributed by atoms with E-state index in [1.807, 2.05) is 32.9 Å². The lowest BCUT2D eigenvalue weighted by Gasteiger charge is -2.24. The van der Waals surface area contributed by atoms with Crippen LogP contribution >= 0.6 is 0 Å². The number of ether oxygens (including phenoxy) is 1. The van der Waals surface area contributed by atoms with Gasteiger partial charge in [0.2, 0.25) is 11.8 Å². The van der Waals surface area contributed by atoms with Gasteiger partial charge in [0.15, 0.2) is 0 Å². The van der Waals surface area contributed by atoms with Gasteiger partial charge in [0.05, 0.1) is 6.54 Å². The molecule has 194 valence electrons. The predicted octanol–water partition coefficient (Wildman–Crippen LogP) is 1.36. The number of carbonyl (C=O) groups excluding carboxylic acids is 3. The Balaban J connectivity index is 1.52. The van der Waals surface area contributed by atoms with E-state index >= 15 is 0 Å². The Hall–Kier alpha value is -2.65. The summed E-state index contributed by atoms with van der Waals surface area (Å²) in [5, 5.41) is 12.1. The normalized spacial score (nSPS) is 17.7. The van der Waals surface area contributed by atoms with E-state index in [2.05, 4.69) is 38.3 Å². The number of rotatable bonds is 9. The third kappa shape index (κ3) is 9.49. The zero-order valence-corrected chi connectivity index (χ0v) is 21.3. The first kappa shape index (κ1) is 26.9. The van der Waals surface area contributed by atoms with Gasteiger partial charge in [-0.15, -0.1) is 0 Å². The summed E-state index contributed by atoms with van der Waals surface area (Å²) in [6, 6.07) is 7.59. The molecule has 4 N–H and O–H groups in total. The number of amides is 3. The van der Waals surface area contributed by atoms with E-state index < -0.39 is 17.7 Å². The van der Waals surface area contributed by atoms with Crippen LogP contribution in [0.15, 0.2) is 24.3 Å². The minimum atomic E-state index is -0.656. The van der Waals surface area contributed by atoms with Crippen molar-refractivity contribution in [1.82, 2.24) is 26.2 Å². The molecule has 1 aromatic rings.